The Kier molecular flexibility index (Phi) is 4.76. The summed E-state index contributed by atoms with van der Waals surface area (Å²) in [5.41, 5.74) is 2.48. The number of para-hydroxylation sites is 1. The summed E-state index contributed by atoms with van der Waals surface area (Å²) >= 11 is 0. The molecule has 0 unspecified atom stereocenters. The third-order valence-electron chi connectivity index (χ3n) is 4.82. The summed E-state index contributed by atoms with van der Waals surface area (Å²) in [6.45, 7) is 2.12. The van der Waals surface area contributed by atoms with Gasteiger partial charge in [-0.1, -0.05) is 42.0 Å². The number of rotatable bonds is 4. The molecule has 0 aromatic heterocycles. The Morgan fingerprint density at radius 2 is 1.66 bits per heavy atom. The van der Waals surface area contributed by atoms with E-state index < -0.39 is 16.1 Å². The summed E-state index contributed by atoms with van der Waals surface area (Å²) in [6.07, 6.45) is 0. The lowest BCUT2D eigenvalue weighted by atomic mass is 10.2. The lowest BCUT2D eigenvalue weighted by molar-refractivity contribution is 0.253. The Morgan fingerprint density at radius 1 is 0.931 bits per heavy atom. The van der Waals surface area contributed by atoms with Gasteiger partial charge in [0.15, 0.2) is 0 Å². The van der Waals surface area contributed by atoms with Crippen LogP contribution in [0, 0.1) is 6.92 Å². The number of fused-ring (bicyclic) bond motifs is 1. The topological polar surface area (TPSA) is 66.9 Å². The average molecular weight is 408 g/mol. The lowest BCUT2D eigenvalue weighted by Gasteiger charge is -2.36. The Bertz CT molecular complexity index is 1170. The lowest BCUT2D eigenvalue weighted by Crippen LogP contribution is -2.50. The van der Waals surface area contributed by atoms with E-state index in [9.17, 15) is 13.2 Å². The van der Waals surface area contributed by atoms with Crippen LogP contribution in [0.1, 0.15) is 11.1 Å². The van der Waals surface area contributed by atoms with Crippen LogP contribution in [0.15, 0.2) is 77.7 Å². The fraction of sp³-hybridized carbons (Fsp3) is 0.136. The highest BCUT2D eigenvalue weighted by Gasteiger charge is 2.42. The molecule has 1 heterocycles. The van der Waals surface area contributed by atoms with E-state index in [-0.39, 0.29) is 11.4 Å². The van der Waals surface area contributed by atoms with E-state index in [2.05, 4.69) is 0 Å². The fourth-order valence-electron chi connectivity index (χ4n) is 3.35. The molecular weight excluding hydrogens is 388 g/mol. The van der Waals surface area contributed by atoms with Crippen molar-refractivity contribution < 1.29 is 17.9 Å². The summed E-state index contributed by atoms with van der Waals surface area (Å²) in [6, 6.07) is 20.1. The number of urea groups is 1. The number of benzene rings is 3. The second-order valence-electron chi connectivity index (χ2n) is 6.79. The smallest absolute Gasteiger partial charge is 0.343 e. The minimum absolute atomic E-state index is 0.100. The van der Waals surface area contributed by atoms with Crippen molar-refractivity contribution in [1.29, 1.82) is 0 Å². The molecule has 29 heavy (non-hydrogen) atoms. The van der Waals surface area contributed by atoms with Crippen molar-refractivity contribution in [2.45, 2.75) is 18.4 Å². The van der Waals surface area contributed by atoms with Gasteiger partial charge in [-0.25, -0.2) is 13.2 Å². The van der Waals surface area contributed by atoms with E-state index in [1.54, 1.807) is 49.6 Å². The first-order valence-electron chi connectivity index (χ1n) is 9.07. The molecule has 0 bridgehead atoms. The van der Waals surface area contributed by atoms with Gasteiger partial charge in [-0.2, -0.15) is 4.31 Å². The number of nitrogens with zero attached hydrogens (tertiary/aromatic N) is 2. The third kappa shape index (κ3) is 3.34. The van der Waals surface area contributed by atoms with Crippen LogP contribution in [-0.4, -0.2) is 21.6 Å². The molecule has 7 heteroatoms. The Morgan fingerprint density at radius 3 is 2.38 bits per heavy atom. The van der Waals surface area contributed by atoms with Crippen LogP contribution in [-0.2, 0) is 16.6 Å². The van der Waals surface area contributed by atoms with Crippen LogP contribution >= 0.6 is 0 Å². The molecule has 2 amide bonds. The number of methoxy groups -OCH3 is 1. The Labute approximate surface area is 170 Å². The zero-order chi connectivity index (χ0) is 20.6. The quantitative estimate of drug-likeness (QED) is 0.644. The highest BCUT2D eigenvalue weighted by Crippen LogP contribution is 2.38. The summed E-state index contributed by atoms with van der Waals surface area (Å²) in [7, 11) is -2.44. The number of aryl methyl sites for hydroxylation is 1. The highest BCUT2D eigenvalue weighted by molar-refractivity contribution is 7.94. The molecule has 1 aliphatic rings. The van der Waals surface area contributed by atoms with E-state index in [4.69, 9.17) is 4.74 Å². The summed E-state index contributed by atoms with van der Waals surface area (Å²) in [5.74, 6) is 0.670. The van der Waals surface area contributed by atoms with E-state index in [0.717, 1.165) is 15.4 Å². The van der Waals surface area contributed by atoms with Crippen molar-refractivity contribution in [2.24, 2.45) is 0 Å². The van der Waals surface area contributed by atoms with Gasteiger partial charge >= 0.3 is 6.03 Å². The molecule has 0 radical (unpaired) electrons. The maximum absolute atomic E-state index is 13.4. The number of carbonyl (C=O) groups excluding carboxylic acids is 1. The molecule has 0 saturated heterocycles. The van der Waals surface area contributed by atoms with E-state index in [1.807, 2.05) is 31.2 Å². The standard InChI is InChI=1S/C22H20N2O4S/c1-16-10-12-18(13-11-16)24-22(25)23(15-17-6-5-7-19(14-17)28-2)20-8-3-4-9-21(20)29(24,26)27/h3-14H,15H2,1-2H3. The number of carbonyl (C=O) groups is 1. The predicted octanol–water partition coefficient (Wildman–Crippen LogP) is 4.34. The maximum Gasteiger partial charge on any atom is 0.343 e. The predicted molar refractivity (Wildman–Crippen MR) is 112 cm³/mol. The zero-order valence-electron chi connectivity index (χ0n) is 16.1. The molecule has 6 nitrogen and oxygen atoms in total. The Hall–Kier alpha value is -3.32. The normalized spacial score (nSPS) is 15.2. The number of ether oxygens (including phenoxy) is 1. The molecule has 0 fully saturated rings. The number of sulfonamides is 1. The summed E-state index contributed by atoms with van der Waals surface area (Å²) in [5, 5.41) is 0. The first kappa shape index (κ1) is 19.0. The minimum Gasteiger partial charge on any atom is -0.497 e. The van der Waals surface area contributed by atoms with Crippen LogP contribution in [0.3, 0.4) is 0 Å². The molecule has 0 atom stereocenters. The van der Waals surface area contributed by atoms with Gasteiger partial charge in [0, 0.05) is 0 Å². The Balaban J connectivity index is 1.84. The molecule has 0 spiro atoms. The molecule has 0 N–H and O–H groups in total. The van der Waals surface area contributed by atoms with Gasteiger partial charge in [0.2, 0.25) is 0 Å². The number of hydrogen-bond donors (Lipinski definition) is 0. The first-order chi connectivity index (χ1) is 13.9. The fourth-order valence-corrected chi connectivity index (χ4v) is 4.94. The monoisotopic (exact) mass is 408 g/mol. The van der Waals surface area contributed by atoms with Gasteiger partial charge in [0.05, 0.1) is 25.0 Å². The van der Waals surface area contributed by atoms with Crippen LogP contribution in [0.4, 0.5) is 16.2 Å². The molecule has 0 aliphatic carbocycles. The van der Waals surface area contributed by atoms with Crippen molar-refractivity contribution in [3.63, 3.8) is 0 Å². The van der Waals surface area contributed by atoms with Gasteiger partial charge in [0.1, 0.15) is 10.6 Å². The zero-order valence-corrected chi connectivity index (χ0v) is 16.9. The second kappa shape index (κ2) is 7.25. The first-order valence-corrected chi connectivity index (χ1v) is 10.5. The molecule has 4 rings (SSSR count). The highest BCUT2D eigenvalue weighted by atomic mass is 32.2. The van der Waals surface area contributed by atoms with Gasteiger partial charge in [-0.15, -0.1) is 0 Å². The van der Waals surface area contributed by atoms with Crippen molar-refractivity contribution in [2.75, 3.05) is 16.3 Å². The summed E-state index contributed by atoms with van der Waals surface area (Å²) in [4.78, 5) is 15.0. The summed E-state index contributed by atoms with van der Waals surface area (Å²) < 4.78 is 32.6. The van der Waals surface area contributed by atoms with Crippen LogP contribution < -0.4 is 13.9 Å². The average Bonchev–Trinajstić information content (AvgIpc) is 2.73. The second-order valence-corrected chi connectivity index (χ2v) is 8.55. The van der Waals surface area contributed by atoms with E-state index >= 15 is 0 Å². The maximum atomic E-state index is 13.4. The number of anilines is 2. The van der Waals surface area contributed by atoms with Gasteiger partial charge < -0.3 is 4.74 Å². The number of hydrogen-bond acceptors (Lipinski definition) is 4. The molecule has 148 valence electrons. The molecule has 3 aromatic rings. The van der Waals surface area contributed by atoms with Crippen molar-refractivity contribution in [1.82, 2.24) is 0 Å². The van der Waals surface area contributed by atoms with Crippen LogP contribution in [0.2, 0.25) is 0 Å². The van der Waals surface area contributed by atoms with Gasteiger partial charge in [0.25, 0.3) is 10.0 Å². The SMILES string of the molecule is COc1cccc(CN2C(=O)N(c3ccc(C)cc3)S(=O)(=O)c3ccccc32)c1. The van der Waals surface area contributed by atoms with Crippen LogP contribution in [0.5, 0.6) is 5.75 Å². The van der Waals surface area contributed by atoms with Gasteiger partial charge in [-0.05, 0) is 48.9 Å². The van der Waals surface area contributed by atoms with Crippen molar-refractivity contribution >= 4 is 27.4 Å². The van der Waals surface area contributed by atoms with E-state index in [0.29, 0.717) is 17.1 Å². The van der Waals surface area contributed by atoms with Crippen molar-refractivity contribution in [3.8, 4) is 5.75 Å². The van der Waals surface area contributed by atoms with Crippen LogP contribution in [0.25, 0.3) is 0 Å². The minimum atomic E-state index is -4.02. The third-order valence-corrected chi connectivity index (χ3v) is 6.57. The molecular formula is C22H20N2O4S. The van der Waals surface area contributed by atoms with Gasteiger partial charge in [-0.3, -0.25) is 4.90 Å². The molecule has 1 aliphatic heterocycles. The molecule has 0 saturated carbocycles. The van der Waals surface area contributed by atoms with Crippen molar-refractivity contribution in [3.05, 3.63) is 83.9 Å². The molecule has 3 aromatic carbocycles. The largest absolute Gasteiger partial charge is 0.497 e. The van der Waals surface area contributed by atoms with E-state index in [1.165, 1.54) is 11.0 Å². The number of amides is 2.